The maximum absolute atomic E-state index is 13.1. The molecule has 1 amide bonds. The lowest BCUT2D eigenvalue weighted by Crippen LogP contribution is -2.40. The molecule has 0 radical (unpaired) electrons. The van der Waals surface area contributed by atoms with Crippen molar-refractivity contribution in [2.75, 3.05) is 7.05 Å². The molecule has 4 rings (SSSR count). The van der Waals surface area contributed by atoms with Crippen LogP contribution in [0.15, 0.2) is 47.5 Å². The molecular weight excluding hydrogens is 386 g/mol. The molecule has 1 fully saturated rings. The molecule has 2 aliphatic rings. The van der Waals surface area contributed by atoms with E-state index in [1.165, 1.54) is 16.7 Å². The summed E-state index contributed by atoms with van der Waals surface area (Å²) in [5.74, 6) is 0.0655. The molecule has 5 heteroatoms. The Morgan fingerprint density at radius 3 is 2.65 bits per heavy atom. The molecule has 1 heterocycles. The van der Waals surface area contributed by atoms with Crippen LogP contribution in [0.2, 0.25) is 0 Å². The molecule has 0 aromatic heterocycles. The third kappa shape index (κ3) is 4.28. The first-order valence-corrected chi connectivity index (χ1v) is 11.1. The molecule has 2 aromatic carbocycles. The molecular formula is C26H31N3O2. The molecule has 1 aliphatic heterocycles. The molecule has 0 unspecified atom stereocenters. The minimum atomic E-state index is -0.396. The fraction of sp³-hybridized carbons (Fsp3) is 0.385. The number of hydrogen-bond donors (Lipinski definition) is 2. The summed E-state index contributed by atoms with van der Waals surface area (Å²) in [4.78, 5) is 18.9. The number of nitrogens with zero attached hydrogens (tertiary/aromatic N) is 2. The Labute approximate surface area is 184 Å². The van der Waals surface area contributed by atoms with Crippen molar-refractivity contribution in [2.45, 2.75) is 57.7 Å². The number of amides is 1. The molecule has 162 valence electrons. The smallest absolute Gasteiger partial charge is 0.254 e. The number of benzene rings is 2. The van der Waals surface area contributed by atoms with Crippen molar-refractivity contribution in [3.63, 3.8) is 0 Å². The van der Waals surface area contributed by atoms with Crippen molar-refractivity contribution in [2.24, 2.45) is 10.7 Å². The fourth-order valence-electron chi connectivity index (χ4n) is 4.81. The van der Waals surface area contributed by atoms with Crippen molar-refractivity contribution in [3.8, 4) is 0 Å². The second-order valence-electron chi connectivity index (χ2n) is 8.53. The van der Waals surface area contributed by atoms with Crippen LogP contribution >= 0.6 is 0 Å². The summed E-state index contributed by atoms with van der Waals surface area (Å²) in [7, 11) is 1.72. The van der Waals surface area contributed by atoms with Crippen LogP contribution in [0.3, 0.4) is 0 Å². The molecule has 0 saturated heterocycles. The third-order valence-corrected chi connectivity index (χ3v) is 6.57. The average Bonchev–Trinajstić information content (AvgIpc) is 3.34. The van der Waals surface area contributed by atoms with E-state index in [0.717, 1.165) is 48.8 Å². The molecule has 0 spiro atoms. The van der Waals surface area contributed by atoms with Crippen molar-refractivity contribution in [3.05, 3.63) is 75.9 Å². The standard InChI is InChI=1S/C26H31N3O2/c1-3-18-14-21-16-29(24-5-4-6-25(24)30)26(31)22(21)15-20(18)13-17-7-9-19(10-8-17)23(27)11-12-28-2/h7-12,14-15,24-25,30H,3-6,13,16,27H2,1-2H3/t24-,25-/m0/s1. The third-order valence-electron chi connectivity index (χ3n) is 6.57. The number of aliphatic hydroxyl groups is 1. The summed E-state index contributed by atoms with van der Waals surface area (Å²) in [6.07, 6.45) is 7.45. The Balaban J connectivity index is 1.57. The monoisotopic (exact) mass is 417 g/mol. The number of aliphatic imine (C=N–C) groups is 1. The zero-order chi connectivity index (χ0) is 22.0. The zero-order valence-electron chi connectivity index (χ0n) is 18.3. The normalized spacial score (nSPS) is 21.3. The van der Waals surface area contributed by atoms with Gasteiger partial charge < -0.3 is 15.7 Å². The highest BCUT2D eigenvalue weighted by atomic mass is 16.3. The minimum absolute atomic E-state index is 0.0442. The van der Waals surface area contributed by atoms with Gasteiger partial charge in [0.15, 0.2) is 0 Å². The number of carbonyl (C=O) groups excluding carboxylic acids is 1. The number of allylic oxidation sites excluding steroid dienone is 1. The van der Waals surface area contributed by atoms with Gasteiger partial charge in [0.05, 0.1) is 12.1 Å². The van der Waals surface area contributed by atoms with Crippen LogP contribution in [0, 0.1) is 0 Å². The van der Waals surface area contributed by atoms with E-state index in [4.69, 9.17) is 5.73 Å². The Bertz CT molecular complexity index is 1020. The first-order chi connectivity index (χ1) is 15.0. The van der Waals surface area contributed by atoms with Crippen LogP contribution in [0.5, 0.6) is 0 Å². The number of nitrogens with two attached hydrogens (primary N) is 1. The number of aryl methyl sites for hydroxylation is 1. The fourth-order valence-corrected chi connectivity index (χ4v) is 4.81. The lowest BCUT2D eigenvalue weighted by atomic mass is 9.93. The molecule has 0 bridgehead atoms. The molecule has 1 aliphatic carbocycles. The van der Waals surface area contributed by atoms with Crippen LogP contribution in [0.1, 0.15) is 64.4 Å². The highest BCUT2D eigenvalue weighted by Crippen LogP contribution is 2.34. The minimum Gasteiger partial charge on any atom is -0.398 e. The second-order valence-corrected chi connectivity index (χ2v) is 8.53. The van der Waals surface area contributed by atoms with E-state index >= 15 is 0 Å². The van der Waals surface area contributed by atoms with Gasteiger partial charge in [-0.2, -0.15) is 0 Å². The first kappa shape index (κ1) is 21.3. The van der Waals surface area contributed by atoms with Crippen LogP contribution < -0.4 is 5.73 Å². The maximum Gasteiger partial charge on any atom is 0.254 e. The van der Waals surface area contributed by atoms with E-state index in [1.54, 1.807) is 19.3 Å². The Morgan fingerprint density at radius 2 is 2.00 bits per heavy atom. The Morgan fingerprint density at radius 1 is 1.23 bits per heavy atom. The molecule has 2 aromatic rings. The zero-order valence-corrected chi connectivity index (χ0v) is 18.3. The lowest BCUT2D eigenvalue weighted by Gasteiger charge is -2.26. The van der Waals surface area contributed by atoms with Gasteiger partial charge in [0.2, 0.25) is 0 Å². The summed E-state index contributed by atoms with van der Waals surface area (Å²) in [6.45, 7) is 2.77. The van der Waals surface area contributed by atoms with Crippen LogP contribution in [0.4, 0.5) is 0 Å². The first-order valence-electron chi connectivity index (χ1n) is 11.1. The van der Waals surface area contributed by atoms with E-state index in [0.29, 0.717) is 12.2 Å². The van der Waals surface area contributed by atoms with Gasteiger partial charge in [-0.25, -0.2) is 0 Å². The van der Waals surface area contributed by atoms with Crippen LogP contribution in [-0.2, 0) is 19.4 Å². The van der Waals surface area contributed by atoms with Gasteiger partial charge in [-0.05, 0) is 72.1 Å². The van der Waals surface area contributed by atoms with Gasteiger partial charge in [-0.1, -0.05) is 37.3 Å². The van der Waals surface area contributed by atoms with Gasteiger partial charge >= 0.3 is 0 Å². The van der Waals surface area contributed by atoms with Crippen LogP contribution in [0.25, 0.3) is 5.70 Å². The number of carbonyl (C=O) groups is 1. The summed E-state index contributed by atoms with van der Waals surface area (Å²) in [5.41, 5.74) is 13.3. The summed E-state index contributed by atoms with van der Waals surface area (Å²) < 4.78 is 0. The predicted octanol–water partition coefficient (Wildman–Crippen LogP) is 3.71. The molecule has 31 heavy (non-hydrogen) atoms. The second kappa shape index (κ2) is 9.06. The van der Waals surface area contributed by atoms with Gasteiger partial charge in [-0.3, -0.25) is 9.79 Å². The van der Waals surface area contributed by atoms with E-state index in [9.17, 15) is 9.90 Å². The SMILES string of the molecule is CCc1cc2c(cc1Cc1ccc(C(N)=CC=NC)cc1)C(=O)N([C@H]1CCC[C@@H]1O)C2. The molecule has 3 N–H and O–H groups in total. The molecule has 2 atom stereocenters. The van der Waals surface area contributed by atoms with E-state index in [-0.39, 0.29) is 11.9 Å². The van der Waals surface area contributed by atoms with Crippen molar-refractivity contribution < 1.29 is 9.90 Å². The quantitative estimate of drug-likeness (QED) is 0.703. The van der Waals surface area contributed by atoms with Gasteiger partial charge in [0.25, 0.3) is 5.91 Å². The van der Waals surface area contributed by atoms with Gasteiger partial charge in [-0.15, -0.1) is 0 Å². The Kier molecular flexibility index (Phi) is 6.23. The molecule has 5 nitrogen and oxygen atoms in total. The van der Waals surface area contributed by atoms with Crippen molar-refractivity contribution in [1.82, 2.24) is 4.90 Å². The number of fused-ring (bicyclic) bond motifs is 1. The maximum atomic E-state index is 13.1. The number of hydrogen-bond acceptors (Lipinski definition) is 4. The average molecular weight is 418 g/mol. The van der Waals surface area contributed by atoms with Crippen molar-refractivity contribution in [1.29, 1.82) is 0 Å². The van der Waals surface area contributed by atoms with E-state index in [1.807, 2.05) is 17.0 Å². The van der Waals surface area contributed by atoms with Gasteiger partial charge in [0, 0.05) is 31.1 Å². The number of aliphatic hydroxyl groups excluding tert-OH is 1. The largest absolute Gasteiger partial charge is 0.398 e. The summed E-state index contributed by atoms with van der Waals surface area (Å²) in [5, 5.41) is 10.3. The topological polar surface area (TPSA) is 78.9 Å². The molecule has 1 saturated carbocycles. The number of rotatable bonds is 6. The van der Waals surface area contributed by atoms with Crippen LogP contribution in [-0.4, -0.2) is 41.3 Å². The highest BCUT2D eigenvalue weighted by molar-refractivity contribution is 5.99. The Hall–Kier alpha value is -2.92. The summed E-state index contributed by atoms with van der Waals surface area (Å²) >= 11 is 0. The van der Waals surface area contributed by atoms with E-state index < -0.39 is 6.10 Å². The predicted molar refractivity (Wildman–Crippen MR) is 125 cm³/mol. The van der Waals surface area contributed by atoms with E-state index in [2.05, 4.69) is 36.2 Å². The highest BCUT2D eigenvalue weighted by Gasteiger charge is 2.38. The summed E-state index contributed by atoms with van der Waals surface area (Å²) in [6, 6.07) is 12.5. The van der Waals surface area contributed by atoms with Crippen molar-refractivity contribution >= 4 is 17.8 Å². The lowest BCUT2D eigenvalue weighted by molar-refractivity contribution is 0.0479. The van der Waals surface area contributed by atoms with Gasteiger partial charge in [0.1, 0.15) is 0 Å².